The molecule has 6 heteroatoms. The van der Waals surface area contributed by atoms with Gasteiger partial charge in [0.25, 0.3) is 5.91 Å². The van der Waals surface area contributed by atoms with Crippen molar-refractivity contribution in [2.75, 3.05) is 7.05 Å². The zero-order chi connectivity index (χ0) is 14.8. The van der Waals surface area contributed by atoms with E-state index in [0.29, 0.717) is 12.2 Å². The number of hydrogen-bond donors (Lipinski definition) is 2. The molecule has 0 aliphatic heterocycles. The lowest BCUT2D eigenvalue weighted by Crippen LogP contribution is -2.27. The van der Waals surface area contributed by atoms with Gasteiger partial charge >= 0.3 is 0 Å². The van der Waals surface area contributed by atoms with Crippen molar-refractivity contribution in [1.29, 1.82) is 0 Å². The van der Waals surface area contributed by atoms with Crippen LogP contribution in [0.4, 0.5) is 0 Å². The summed E-state index contributed by atoms with van der Waals surface area (Å²) >= 11 is 0. The maximum absolute atomic E-state index is 12.6. The molecular weight excluding hydrogens is 266 g/mol. The van der Waals surface area contributed by atoms with Crippen LogP contribution in [0, 0.1) is 6.92 Å². The quantitative estimate of drug-likeness (QED) is 0.847. The molecule has 1 aliphatic rings. The highest BCUT2D eigenvalue weighted by atomic mass is 16.2. The summed E-state index contributed by atoms with van der Waals surface area (Å²) in [7, 11) is 1.80. The van der Waals surface area contributed by atoms with E-state index >= 15 is 0 Å². The lowest BCUT2D eigenvalue weighted by molar-refractivity contribution is 0.0776. The van der Waals surface area contributed by atoms with E-state index in [2.05, 4.69) is 20.4 Å². The molecular formula is C15H21N5O. The summed E-state index contributed by atoms with van der Waals surface area (Å²) in [6.45, 7) is 2.44. The summed E-state index contributed by atoms with van der Waals surface area (Å²) in [6, 6.07) is 1.95. The number of hydrogen-bond acceptors (Lipinski definition) is 3. The van der Waals surface area contributed by atoms with Crippen LogP contribution in [0.15, 0.2) is 6.07 Å². The molecule has 0 fully saturated rings. The number of aromatic nitrogens is 4. The predicted molar refractivity (Wildman–Crippen MR) is 79.0 cm³/mol. The molecule has 2 aromatic heterocycles. The number of H-pyrrole nitrogens is 2. The average Bonchev–Trinajstić information content (AvgIpc) is 2.97. The van der Waals surface area contributed by atoms with Gasteiger partial charge in [0.2, 0.25) is 0 Å². The van der Waals surface area contributed by atoms with E-state index in [4.69, 9.17) is 0 Å². The lowest BCUT2D eigenvalue weighted by atomic mass is 10.1. The summed E-state index contributed by atoms with van der Waals surface area (Å²) in [5, 5.41) is 14.4. The van der Waals surface area contributed by atoms with Crippen LogP contribution in [0.1, 0.15) is 52.4 Å². The molecule has 2 N–H and O–H groups in total. The van der Waals surface area contributed by atoms with Gasteiger partial charge in [0, 0.05) is 24.0 Å². The van der Waals surface area contributed by atoms with Crippen LogP contribution in [0.5, 0.6) is 0 Å². The van der Waals surface area contributed by atoms with Gasteiger partial charge in [0.1, 0.15) is 0 Å². The monoisotopic (exact) mass is 287 g/mol. The van der Waals surface area contributed by atoms with Gasteiger partial charge in [0.05, 0.1) is 12.2 Å². The van der Waals surface area contributed by atoms with Crippen molar-refractivity contribution >= 4 is 5.91 Å². The number of aryl methyl sites for hydroxylation is 2. The minimum Gasteiger partial charge on any atom is -0.334 e. The van der Waals surface area contributed by atoms with E-state index in [-0.39, 0.29) is 5.91 Å². The molecule has 21 heavy (non-hydrogen) atoms. The van der Waals surface area contributed by atoms with Crippen LogP contribution in [0.3, 0.4) is 0 Å². The zero-order valence-corrected chi connectivity index (χ0v) is 12.6. The van der Waals surface area contributed by atoms with Gasteiger partial charge in [-0.15, -0.1) is 0 Å². The molecule has 0 unspecified atom stereocenters. The third kappa shape index (κ3) is 2.84. The fourth-order valence-electron chi connectivity index (χ4n) is 2.89. The second-order valence-corrected chi connectivity index (χ2v) is 5.79. The second-order valence-electron chi connectivity index (χ2n) is 5.79. The van der Waals surface area contributed by atoms with Crippen molar-refractivity contribution in [3.63, 3.8) is 0 Å². The van der Waals surface area contributed by atoms with E-state index in [1.165, 1.54) is 12.8 Å². The van der Waals surface area contributed by atoms with Crippen LogP contribution >= 0.6 is 0 Å². The van der Waals surface area contributed by atoms with Gasteiger partial charge in [0.15, 0.2) is 5.69 Å². The zero-order valence-electron chi connectivity index (χ0n) is 12.6. The Morgan fingerprint density at radius 3 is 2.81 bits per heavy atom. The molecule has 3 rings (SSSR count). The Bertz CT molecular complexity index is 642. The molecule has 1 amide bonds. The van der Waals surface area contributed by atoms with E-state index in [1.54, 1.807) is 11.9 Å². The van der Waals surface area contributed by atoms with Crippen LogP contribution < -0.4 is 0 Å². The molecule has 0 aromatic carbocycles. The van der Waals surface area contributed by atoms with Crippen molar-refractivity contribution in [3.8, 4) is 0 Å². The van der Waals surface area contributed by atoms with Crippen molar-refractivity contribution in [1.82, 2.24) is 25.3 Å². The Hall–Kier alpha value is -2.11. The number of amides is 1. The van der Waals surface area contributed by atoms with E-state index in [0.717, 1.165) is 41.9 Å². The van der Waals surface area contributed by atoms with Gasteiger partial charge in [-0.2, -0.15) is 10.2 Å². The Balaban J connectivity index is 1.77. The Morgan fingerprint density at radius 2 is 2.05 bits per heavy atom. The largest absolute Gasteiger partial charge is 0.334 e. The summed E-state index contributed by atoms with van der Waals surface area (Å²) in [6.07, 6.45) is 5.47. The minimum atomic E-state index is -0.0324. The van der Waals surface area contributed by atoms with Gasteiger partial charge in [-0.1, -0.05) is 6.42 Å². The Morgan fingerprint density at radius 1 is 1.24 bits per heavy atom. The number of carbonyl (C=O) groups excluding carboxylic acids is 1. The minimum absolute atomic E-state index is 0.0324. The summed E-state index contributed by atoms with van der Waals surface area (Å²) < 4.78 is 0. The van der Waals surface area contributed by atoms with Gasteiger partial charge in [-0.25, -0.2) is 0 Å². The maximum atomic E-state index is 12.6. The first kappa shape index (κ1) is 13.9. The smallest absolute Gasteiger partial charge is 0.274 e. The number of nitrogens with one attached hydrogen (secondary N) is 2. The first-order valence-corrected chi connectivity index (χ1v) is 7.47. The molecule has 0 bridgehead atoms. The second kappa shape index (κ2) is 5.71. The first-order chi connectivity index (χ1) is 10.1. The van der Waals surface area contributed by atoms with E-state index in [9.17, 15) is 4.79 Å². The lowest BCUT2D eigenvalue weighted by Gasteiger charge is -2.15. The molecule has 2 heterocycles. The summed E-state index contributed by atoms with van der Waals surface area (Å²) in [4.78, 5) is 14.3. The first-order valence-electron chi connectivity index (χ1n) is 7.47. The number of rotatable bonds is 3. The molecule has 2 aromatic rings. The highest BCUT2D eigenvalue weighted by molar-refractivity contribution is 5.93. The van der Waals surface area contributed by atoms with Gasteiger partial charge < -0.3 is 4.90 Å². The van der Waals surface area contributed by atoms with Crippen LogP contribution in [-0.2, 0) is 19.4 Å². The molecule has 1 aliphatic carbocycles. The number of aromatic amines is 2. The van der Waals surface area contributed by atoms with Crippen LogP contribution in [-0.4, -0.2) is 38.2 Å². The van der Waals surface area contributed by atoms with Crippen molar-refractivity contribution in [3.05, 3.63) is 34.4 Å². The van der Waals surface area contributed by atoms with Crippen LogP contribution in [0.25, 0.3) is 0 Å². The summed E-state index contributed by atoms with van der Waals surface area (Å²) in [5.41, 5.74) is 4.70. The fraction of sp³-hybridized carbons (Fsp3) is 0.533. The molecule has 0 spiro atoms. The Kier molecular flexibility index (Phi) is 3.77. The van der Waals surface area contributed by atoms with E-state index in [1.807, 2.05) is 13.0 Å². The standard InChI is InChI=1S/C15H21N5O/c1-10-8-11(17-16-10)9-20(2)15(21)14-12-6-4-3-5-7-13(12)18-19-14/h8H,3-7,9H2,1-2H3,(H,16,17)(H,18,19). The number of nitrogens with zero attached hydrogens (tertiary/aromatic N) is 3. The molecule has 6 nitrogen and oxygen atoms in total. The molecule has 0 saturated heterocycles. The number of carbonyl (C=O) groups is 1. The van der Waals surface area contributed by atoms with Gasteiger partial charge in [-0.3, -0.25) is 15.0 Å². The predicted octanol–water partition coefficient (Wildman–Crippen LogP) is 1.98. The van der Waals surface area contributed by atoms with Crippen molar-refractivity contribution in [2.24, 2.45) is 0 Å². The molecule has 0 saturated carbocycles. The third-order valence-corrected chi connectivity index (χ3v) is 4.01. The topological polar surface area (TPSA) is 77.7 Å². The molecule has 0 radical (unpaired) electrons. The summed E-state index contributed by atoms with van der Waals surface area (Å²) in [5.74, 6) is -0.0324. The van der Waals surface area contributed by atoms with Gasteiger partial charge in [-0.05, 0) is 38.7 Å². The molecule has 112 valence electrons. The SMILES string of the molecule is Cc1cc(CN(C)C(=O)c2n[nH]c3c2CCCCC3)n[nH]1. The highest BCUT2D eigenvalue weighted by Crippen LogP contribution is 2.22. The van der Waals surface area contributed by atoms with Crippen molar-refractivity contribution in [2.45, 2.75) is 45.6 Å². The van der Waals surface area contributed by atoms with Crippen molar-refractivity contribution < 1.29 is 4.79 Å². The third-order valence-electron chi connectivity index (χ3n) is 4.01. The molecule has 0 atom stereocenters. The highest BCUT2D eigenvalue weighted by Gasteiger charge is 2.23. The maximum Gasteiger partial charge on any atom is 0.274 e. The Labute approximate surface area is 123 Å². The fourth-order valence-corrected chi connectivity index (χ4v) is 2.89. The normalized spacial score (nSPS) is 14.6. The van der Waals surface area contributed by atoms with Crippen LogP contribution in [0.2, 0.25) is 0 Å². The average molecular weight is 287 g/mol. The number of fused-ring (bicyclic) bond motifs is 1. The van der Waals surface area contributed by atoms with E-state index < -0.39 is 0 Å².